The van der Waals surface area contributed by atoms with Gasteiger partial charge in [-0.3, -0.25) is 0 Å². The van der Waals surface area contributed by atoms with E-state index in [1.807, 2.05) is 30.3 Å². The van der Waals surface area contributed by atoms with E-state index in [9.17, 15) is 13.2 Å². The quantitative estimate of drug-likeness (QED) is 0.511. The van der Waals surface area contributed by atoms with Crippen LogP contribution >= 0.6 is 15.9 Å². The van der Waals surface area contributed by atoms with Crippen LogP contribution < -0.4 is 17.0 Å². The molecule has 0 amide bonds. The average molecular weight is 417 g/mol. The van der Waals surface area contributed by atoms with Crippen molar-refractivity contribution in [1.29, 1.82) is 0 Å². The molecule has 1 heterocycles. The second kappa shape index (κ2) is 6.93. The highest BCUT2D eigenvalue weighted by molar-refractivity contribution is 9.09. The van der Waals surface area contributed by atoms with E-state index in [-0.39, 0.29) is 28.9 Å². The molecule has 0 fully saturated rings. The Kier molecular flexibility index (Phi) is 6.06. The van der Waals surface area contributed by atoms with E-state index >= 15 is 0 Å². The van der Waals surface area contributed by atoms with Crippen molar-refractivity contribution in [2.24, 2.45) is 0 Å². The topological polar surface area (TPSA) is 12.2 Å². The molecule has 2 nitrogen and oxygen atoms in total. The molecule has 20 heavy (non-hydrogen) atoms. The fraction of sp³-hybridized carbons (Fsp3) is 0.462. The standard InChI is InChI=1S/C13H14BrF3NO.BrH/c1-9-18(8-10-5-3-2-4-6-10)12(13(15,16)17)11(7-14)19-9;/h2-6,11-12H,7-8H2,1H3;1H/q+1;/p-1/t11-,12+;/m0./s1. The number of ether oxygens (including phenoxy) is 1. The van der Waals surface area contributed by atoms with Crippen LogP contribution in [0.15, 0.2) is 30.3 Å². The fourth-order valence-corrected chi connectivity index (χ4v) is 2.73. The second-order valence-corrected chi connectivity index (χ2v) is 5.08. The predicted octanol–water partition coefficient (Wildman–Crippen LogP) is 0.346. The Morgan fingerprint density at radius 3 is 2.35 bits per heavy atom. The second-order valence-electron chi connectivity index (χ2n) is 4.43. The minimum Gasteiger partial charge on any atom is -1.00 e. The Hall–Kier alpha value is -0.560. The van der Waals surface area contributed by atoms with Gasteiger partial charge in [-0.1, -0.05) is 46.3 Å². The first-order valence-corrected chi connectivity index (χ1v) is 6.99. The summed E-state index contributed by atoms with van der Waals surface area (Å²) in [6.07, 6.45) is -5.21. The van der Waals surface area contributed by atoms with Gasteiger partial charge in [-0.25, -0.2) is 0 Å². The number of rotatable bonds is 3. The molecule has 1 aromatic rings. The number of alkyl halides is 4. The van der Waals surface area contributed by atoms with Crippen LogP contribution in [0.3, 0.4) is 0 Å². The van der Waals surface area contributed by atoms with Crippen molar-refractivity contribution >= 4 is 21.8 Å². The third kappa shape index (κ3) is 3.75. The zero-order chi connectivity index (χ0) is 14.0. The van der Waals surface area contributed by atoms with Gasteiger partial charge in [-0.2, -0.15) is 17.7 Å². The minimum absolute atomic E-state index is 0. The fourth-order valence-electron chi connectivity index (χ4n) is 2.24. The molecule has 0 spiro atoms. The van der Waals surface area contributed by atoms with Crippen LogP contribution in [-0.2, 0) is 11.3 Å². The number of benzene rings is 1. The maximum Gasteiger partial charge on any atom is 0.455 e. The van der Waals surface area contributed by atoms with Gasteiger partial charge in [0.2, 0.25) is 0 Å². The maximum atomic E-state index is 13.2. The summed E-state index contributed by atoms with van der Waals surface area (Å²) in [5, 5.41) is 0.153. The largest absolute Gasteiger partial charge is 1.00 e. The molecule has 2 atom stereocenters. The lowest BCUT2D eigenvalue weighted by Crippen LogP contribution is -3.00. The van der Waals surface area contributed by atoms with Gasteiger partial charge in [0.25, 0.3) is 6.04 Å². The molecule has 0 N–H and O–H groups in total. The van der Waals surface area contributed by atoms with Gasteiger partial charge in [0, 0.05) is 10.9 Å². The van der Waals surface area contributed by atoms with Crippen molar-refractivity contribution in [3.63, 3.8) is 0 Å². The third-order valence-electron chi connectivity index (χ3n) is 3.10. The molecule has 0 saturated carbocycles. The lowest BCUT2D eigenvalue weighted by molar-refractivity contribution is -0.607. The maximum absolute atomic E-state index is 13.2. The average Bonchev–Trinajstić information content (AvgIpc) is 2.67. The van der Waals surface area contributed by atoms with E-state index in [4.69, 9.17) is 4.74 Å². The van der Waals surface area contributed by atoms with E-state index in [0.29, 0.717) is 5.90 Å². The molecule has 0 aliphatic carbocycles. The Labute approximate surface area is 134 Å². The molecule has 112 valence electrons. The van der Waals surface area contributed by atoms with Gasteiger partial charge < -0.3 is 21.7 Å². The van der Waals surface area contributed by atoms with Crippen molar-refractivity contribution in [3.8, 4) is 0 Å². The van der Waals surface area contributed by atoms with Gasteiger partial charge in [0.1, 0.15) is 0 Å². The number of nitrogens with zero attached hydrogens (tertiary/aromatic N) is 1. The summed E-state index contributed by atoms with van der Waals surface area (Å²) < 4.78 is 46.1. The normalized spacial score (nSPS) is 22.4. The smallest absolute Gasteiger partial charge is 0.455 e. The Morgan fingerprint density at radius 1 is 1.25 bits per heavy atom. The number of hydrogen-bond acceptors (Lipinski definition) is 1. The summed E-state index contributed by atoms with van der Waals surface area (Å²) >= 11 is 3.08. The molecule has 1 aliphatic rings. The van der Waals surface area contributed by atoms with Crippen LogP contribution in [0.4, 0.5) is 13.2 Å². The molecular formula is C13H14Br2F3NO. The SMILES string of the molecule is CC1=[N+](Cc2ccccc2)[C@@H](C(F)(F)F)[C@H](CBr)O1.[Br-]. The van der Waals surface area contributed by atoms with Crippen molar-refractivity contribution in [1.82, 2.24) is 0 Å². The van der Waals surface area contributed by atoms with E-state index in [1.165, 1.54) is 4.58 Å². The van der Waals surface area contributed by atoms with Crippen LogP contribution in [0.2, 0.25) is 0 Å². The Balaban J connectivity index is 0.00000200. The molecule has 1 aliphatic heterocycles. The molecule has 1 aromatic carbocycles. The molecular weight excluding hydrogens is 403 g/mol. The summed E-state index contributed by atoms with van der Waals surface area (Å²) in [6.45, 7) is 1.77. The van der Waals surface area contributed by atoms with E-state index in [1.54, 1.807) is 6.92 Å². The van der Waals surface area contributed by atoms with Crippen molar-refractivity contribution in [3.05, 3.63) is 35.9 Å². The van der Waals surface area contributed by atoms with Gasteiger partial charge in [-0.15, -0.1) is 0 Å². The molecule has 7 heteroatoms. The number of halogens is 5. The lowest BCUT2D eigenvalue weighted by atomic mass is 10.1. The van der Waals surface area contributed by atoms with Crippen LogP contribution in [0.1, 0.15) is 12.5 Å². The van der Waals surface area contributed by atoms with E-state index in [0.717, 1.165) is 5.56 Å². The highest BCUT2D eigenvalue weighted by Crippen LogP contribution is 2.32. The zero-order valence-electron chi connectivity index (χ0n) is 10.7. The summed E-state index contributed by atoms with van der Waals surface area (Å²) in [5.74, 6) is 0.315. The monoisotopic (exact) mass is 415 g/mol. The highest BCUT2D eigenvalue weighted by Gasteiger charge is 2.58. The van der Waals surface area contributed by atoms with Crippen LogP contribution in [0.25, 0.3) is 0 Å². The summed E-state index contributed by atoms with van der Waals surface area (Å²) in [5.41, 5.74) is 0.829. The highest BCUT2D eigenvalue weighted by atomic mass is 79.9. The first-order valence-electron chi connectivity index (χ1n) is 5.87. The summed E-state index contributed by atoms with van der Waals surface area (Å²) in [4.78, 5) is 0. The lowest BCUT2D eigenvalue weighted by Gasteiger charge is -2.17. The Morgan fingerprint density at radius 2 is 1.85 bits per heavy atom. The van der Waals surface area contributed by atoms with Crippen LogP contribution in [0, 0.1) is 0 Å². The molecule has 0 bridgehead atoms. The number of hydrogen-bond donors (Lipinski definition) is 0. The predicted molar refractivity (Wildman–Crippen MR) is 69.6 cm³/mol. The zero-order valence-corrected chi connectivity index (χ0v) is 13.9. The third-order valence-corrected chi connectivity index (χ3v) is 3.74. The van der Waals surface area contributed by atoms with E-state index in [2.05, 4.69) is 15.9 Å². The summed E-state index contributed by atoms with van der Waals surface area (Å²) in [7, 11) is 0. The van der Waals surface area contributed by atoms with Crippen LogP contribution in [0.5, 0.6) is 0 Å². The molecule has 2 rings (SSSR count). The van der Waals surface area contributed by atoms with Crippen molar-refractivity contribution < 1.29 is 39.5 Å². The first kappa shape index (κ1) is 17.5. The molecule has 0 saturated heterocycles. The Bertz CT molecular complexity index is 476. The van der Waals surface area contributed by atoms with Crippen molar-refractivity contribution in [2.45, 2.75) is 31.8 Å². The molecule has 0 unspecified atom stereocenters. The van der Waals surface area contributed by atoms with Gasteiger partial charge in [-0.05, 0) is 0 Å². The summed E-state index contributed by atoms with van der Waals surface area (Å²) in [6, 6.07) is 7.47. The first-order chi connectivity index (χ1) is 8.93. The van der Waals surface area contributed by atoms with Gasteiger partial charge >= 0.3 is 12.1 Å². The van der Waals surface area contributed by atoms with E-state index < -0.39 is 18.3 Å². The molecule has 0 radical (unpaired) electrons. The minimum atomic E-state index is -4.31. The van der Waals surface area contributed by atoms with Gasteiger partial charge in [0.05, 0.1) is 6.92 Å². The molecule has 0 aromatic heterocycles. The van der Waals surface area contributed by atoms with Crippen LogP contribution in [-0.4, -0.2) is 34.1 Å². The van der Waals surface area contributed by atoms with Crippen molar-refractivity contribution in [2.75, 3.05) is 5.33 Å². The van der Waals surface area contributed by atoms with Gasteiger partial charge in [0.15, 0.2) is 12.6 Å².